The van der Waals surface area contributed by atoms with Gasteiger partial charge in [-0.2, -0.15) is 0 Å². The minimum atomic E-state index is -0.776. The van der Waals surface area contributed by atoms with Gasteiger partial charge >= 0.3 is 5.97 Å². The smallest absolute Gasteiger partial charge is 0.304 e. The number of hydrogen-bond acceptors (Lipinski definition) is 3. The largest absolute Gasteiger partial charge is 0.508 e. The van der Waals surface area contributed by atoms with Crippen molar-refractivity contribution in [3.63, 3.8) is 0 Å². The molecule has 2 N–H and O–H groups in total. The van der Waals surface area contributed by atoms with E-state index in [9.17, 15) is 9.90 Å². The third kappa shape index (κ3) is 3.15. The van der Waals surface area contributed by atoms with Crippen LogP contribution in [-0.2, 0) is 11.3 Å². The van der Waals surface area contributed by atoms with E-state index in [0.29, 0.717) is 11.6 Å². The molecule has 1 aromatic carbocycles. The zero-order valence-electron chi connectivity index (χ0n) is 9.97. The molecule has 5 heteroatoms. The first-order valence-corrected chi connectivity index (χ1v) is 6.37. The molecule has 0 radical (unpaired) electrons. The average molecular weight is 270 g/mol. The molecule has 1 fully saturated rings. The quantitative estimate of drug-likeness (QED) is 0.882. The van der Waals surface area contributed by atoms with Crippen LogP contribution in [0, 0.1) is 0 Å². The number of halogens is 1. The van der Waals surface area contributed by atoms with Gasteiger partial charge in [0, 0.05) is 23.2 Å². The van der Waals surface area contributed by atoms with E-state index in [4.69, 9.17) is 16.7 Å². The summed E-state index contributed by atoms with van der Waals surface area (Å²) < 4.78 is 0. The third-order valence-corrected chi connectivity index (χ3v) is 3.56. The molecule has 0 spiro atoms. The SMILES string of the molecule is O=C(O)CC1CCCN1Cc1cc(Cl)ccc1O. The van der Waals surface area contributed by atoms with E-state index in [0.717, 1.165) is 24.9 Å². The van der Waals surface area contributed by atoms with Crippen LogP contribution in [0.2, 0.25) is 5.02 Å². The summed E-state index contributed by atoms with van der Waals surface area (Å²) >= 11 is 5.90. The molecule has 1 heterocycles. The van der Waals surface area contributed by atoms with E-state index < -0.39 is 5.97 Å². The number of likely N-dealkylation sites (tertiary alicyclic amines) is 1. The highest BCUT2D eigenvalue weighted by atomic mass is 35.5. The van der Waals surface area contributed by atoms with Crippen LogP contribution in [0.1, 0.15) is 24.8 Å². The van der Waals surface area contributed by atoms with Crippen LogP contribution in [-0.4, -0.2) is 33.7 Å². The predicted molar refractivity (Wildman–Crippen MR) is 68.8 cm³/mol. The summed E-state index contributed by atoms with van der Waals surface area (Å²) in [5, 5.41) is 19.2. The Morgan fingerprint density at radius 2 is 2.28 bits per heavy atom. The van der Waals surface area contributed by atoms with Gasteiger partial charge in [-0.3, -0.25) is 9.69 Å². The first-order chi connectivity index (χ1) is 8.56. The number of carbonyl (C=O) groups is 1. The van der Waals surface area contributed by atoms with Crippen molar-refractivity contribution in [2.45, 2.75) is 31.8 Å². The third-order valence-electron chi connectivity index (χ3n) is 3.32. The molecule has 1 aliphatic heterocycles. The van der Waals surface area contributed by atoms with Crippen LogP contribution >= 0.6 is 11.6 Å². The summed E-state index contributed by atoms with van der Waals surface area (Å²) in [5.74, 6) is -0.567. The zero-order chi connectivity index (χ0) is 13.1. The van der Waals surface area contributed by atoms with Gasteiger partial charge in [0.15, 0.2) is 0 Å². The Balaban J connectivity index is 2.08. The highest BCUT2D eigenvalue weighted by Gasteiger charge is 2.27. The predicted octanol–water partition coefficient (Wildman–Crippen LogP) is 2.48. The van der Waals surface area contributed by atoms with Crippen LogP contribution in [0.15, 0.2) is 18.2 Å². The molecule has 1 unspecified atom stereocenters. The maximum atomic E-state index is 10.8. The Morgan fingerprint density at radius 3 is 3.00 bits per heavy atom. The Hall–Kier alpha value is -1.26. The topological polar surface area (TPSA) is 60.8 Å². The van der Waals surface area contributed by atoms with Gasteiger partial charge in [-0.1, -0.05) is 11.6 Å². The van der Waals surface area contributed by atoms with Crippen molar-refractivity contribution >= 4 is 17.6 Å². The maximum absolute atomic E-state index is 10.8. The first kappa shape index (κ1) is 13.2. The molecule has 0 saturated carbocycles. The number of benzene rings is 1. The summed E-state index contributed by atoms with van der Waals surface area (Å²) in [6.07, 6.45) is 2.05. The number of aromatic hydroxyl groups is 1. The van der Waals surface area contributed by atoms with Gasteiger partial charge in [-0.15, -0.1) is 0 Å². The molecule has 1 atom stereocenters. The van der Waals surface area contributed by atoms with Gasteiger partial charge in [0.05, 0.1) is 6.42 Å². The van der Waals surface area contributed by atoms with Crippen LogP contribution in [0.3, 0.4) is 0 Å². The van der Waals surface area contributed by atoms with Gasteiger partial charge in [0.25, 0.3) is 0 Å². The van der Waals surface area contributed by atoms with Crippen molar-refractivity contribution in [2.24, 2.45) is 0 Å². The second kappa shape index (κ2) is 5.59. The van der Waals surface area contributed by atoms with Crippen molar-refractivity contribution in [1.82, 2.24) is 4.90 Å². The molecular weight excluding hydrogens is 254 g/mol. The fraction of sp³-hybridized carbons (Fsp3) is 0.462. The lowest BCUT2D eigenvalue weighted by Gasteiger charge is -2.23. The number of rotatable bonds is 4. The number of aliphatic carboxylic acids is 1. The lowest BCUT2D eigenvalue weighted by atomic mass is 10.1. The molecule has 1 aromatic rings. The van der Waals surface area contributed by atoms with E-state index in [1.54, 1.807) is 18.2 Å². The fourth-order valence-electron chi connectivity index (χ4n) is 2.44. The number of nitrogens with zero attached hydrogens (tertiary/aromatic N) is 1. The van der Waals surface area contributed by atoms with E-state index in [-0.39, 0.29) is 18.2 Å². The van der Waals surface area contributed by atoms with Gasteiger partial charge in [-0.25, -0.2) is 0 Å². The van der Waals surface area contributed by atoms with E-state index in [2.05, 4.69) is 4.90 Å². The molecule has 1 saturated heterocycles. The van der Waals surface area contributed by atoms with Crippen LogP contribution in [0.25, 0.3) is 0 Å². The van der Waals surface area contributed by atoms with Crippen molar-refractivity contribution in [2.75, 3.05) is 6.54 Å². The molecule has 0 aromatic heterocycles. The minimum Gasteiger partial charge on any atom is -0.508 e. The van der Waals surface area contributed by atoms with Crippen LogP contribution in [0.4, 0.5) is 0 Å². The molecule has 4 nitrogen and oxygen atoms in total. The summed E-state index contributed by atoms with van der Waals surface area (Å²) in [6.45, 7) is 1.41. The lowest BCUT2D eigenvalue weighted by Crippen LogP contribution is -2.30. The normalized spacial score (nSPS) is 20.2. The van der Waals surface area contributed by atoms with E-state index in [1.807, 2.05) is 0 Å². The minimum absolute atomic E-state index is 0.0564. The van der Waals surface area contributed by atoms with Crippen LogP contribution < -0.4 is 0 Å². The lowest BCUT2D eigenvalue weighted by molar-refractivity contribution is -0.138. The van der Waals surface area contributed by atoms with Crippen molar-refractivity contribution in [3.8, 4) is 5.75 Å². The number of hydrogen-bond donors (Lipinski definition) is 2. The Morgan fingerprint density at radius 1 is 1.50 bits per heavy atom. The molecule has 0 bridgehead atoms. The summed E-state index contributed by atoms with van der Waals surface area (Å²) in [6, 6.07) is 4.99. The summed E-state index contributed by atoms with van der Waals surface area (Å²) in [4.78, 5) is 12.9. The van der Waals surface area contributed by atoms with Gasteiger partial charge in [-0.05, 0) is 37.6 Å². The Kier molecular flexibility index (Phi) is 4.09. The van der Waals surface area contributed by atoms with Crippen molar-refractivity contribution in [3.05, 3.63) is 28.8 Å². The second-order valence-electron chi connectivity index (χ2n) is 4.64. The number of carboxylic acids is 1. The Bertz CT molecular complexity index is 450. The van der Waals surface area contributed by atoms with E-state index in [1.165, 1.54) is 0 Å². The van der Waals surface area contributed by atoms with E-state index >= 15 is 0 Å². The summed E-state index contributed by atoms with van der Waals surface area (Å²) in [7, 11) is 0. The number of phenolic OH excluding ortho intramolecular Hbond substituents is 1. The molecule has 0 amide bonds. The highest BCUT2D eigenvalue weighted by molar-refractivity contribution is 6.30. The standard InChI is InChI=1S/C13H16ClNO3/c14-10-3-4-12(16)9(6-10)8-15-5-1-2-11(15)7-13(17)18/h3-4,6,11,16H,1-2,5,7-8H2,(H,17,18). The monoisotopic (exact) mass is 269 g/mol. The highest BCUT2D eigenvalue weighted by Crippen LogP contribution is 2.27. The molecule has 2 rings (SSSR count). The Labute approximate surface area is 111 Å². The molecule has 98 valence electrons. The first-order valence-electron chi connectivity index (χ1n) is 5.99. The molecule has 1 aliphatic rings. The van der Waals surface area contributed by atoms with Crippen LogP contribution in [0.5, 0.6) is 5.75 Å². The van der Waals surface area contributed by atoms with Crippen molar-refractivity contribution < 1.29 is 15.0 Å². The zero-order valence-corrected chi connectivity index (χ0v) is 10.7. The summed E-state index contributed by atoms with van der Waals surface area (Å²) in [5.41, 5.74) is 0.750. The molecule has 0 aliphatic carbocycles. The average Bonchev–Trinajstić information content (AvgIpc) is 2.70. The van der Waals surface area contributed by atoms with Crippen molar-refractivity contribution in [1.29, 1.82) is 0 Å². The molecule has 18 heavy (non-hydrogen) atoms. The van der Waals surface area contributed by atoms with Gasteiger partial charge < -0.3 is 10.2 Å². The fourth-order valence-corrected chi connectivity index (χ4v) is 2.63. The maximum Gasteiger partial charge on any atom is 0.304 e. The number of carboxylic acid groups (broad SMARTS) is 1. The van der Waals surface area contributed by atoms with Gasteiger partial charge in [0.1, 0.15) is 5.75 Å². The van der Waals surface area contributed by atoms with Gasteiger partial charge in [0.2, 0.25) is 0 Å². The second-order valence-corrected chi connectivity index (χ2v) is 5.07. The number of phenols is 1. The molecular formula is C13H16ClNO3.